The molecule has 0 aliphatic carbocycles. The zero-order valence-corrected chi connectivity index (χ0v) is 12.2. The van der Waals surface area contributed by atoms with Gasteiger partial charge in [-0.1, -0.05) is 6.92 Å². The van der Waals surface area contributed by atoms with E-state index < -0.39 is 4.92 Å². The van der Waals surface area contributed by atoms with Gasteiger partial charge < -0.3 is 10.6 Å². The summed E-state index contributed by atoms with van der Waals surface area (Å²) in [5.74, 6) is -0.203. The van der Waals surface area contributed by atoms with Crippen LogP contribution in [0.3, 0.4) is 0 Å². The minimum atomic E-state index is -0.462. The first kappa shape index (κ1) is 15.6. The maximum absolute atomic E-state index is 11.9. The average Bonchev–Trinajstić information content (AvgIpc) is 3.01. The number of carbonyl (C=O) groups excluding carboxylic acids is 1. The molecular weight excluding hydrogens is 286 g/mol. The number of hydrogen-bond donors (Lipinski definition) is 2. The molecule has 8 heteroatoms. The van der Waals surface area contributed by atoms with E-state index in [1.54, 1.807) is 18.3 Å². The van der Waals surface area contributed by atoms with Crippen molar-refractivity contribution in [2.45, 2.75) is 6.92 Å². The first-order valence-corrected chi connectivity index (χ1v) is 6.90. The molecule has 0 spiro atoms. The Morgan fingerprint density at radius 2 is 2.05 bits per heavy atom. The van der Waals surface area contributed by atoms with Gasteiger partial charge in [-0.15, -0.1) is 0 Å². The van der Waals surface area contributed by atoms with Crippen LogP contribution >= 0.6 is 0 Å². The van der Waals surface area contributed by atoms with Gasteiger partial charge in [-0.3, -0.25) is 14.9 Å². The van der Waals surface area contributed by atoms with Crippen molar-refractivity contribution in [1.82, 2.24) is 20.4 Å². The number of amides is 1. The molecule has 0 aliphatic rings. The van der Waals surface area contributed by atoms with E-state index >= 15 is 0 Å². The maximum atomic E-state index is 11.9. The highest BCUT2D eigenvalue weighted by molar-refractivity contribution is 5.93. The Hall–Kier alpha value is -2.74. The van der Waals surface area contributed by atoms with Gasteiger partial charge >= 0.3 is 0 Å². The molecule has 0 atom stereocenters. The monoisotopic (exact) mass is 303 g/mol. The topological polar surface area (TPSA) is 102 Å². The summed E-state index contributed by atoms with van der Waals surface area (Å²) in [4.78, 5) is 22.1. The molecule has 0 radical (unpaired) electrons. The number of nitro groups is 1. The molecule has 8 nitrogen and oxygen atoms in total. The molecule has 22 heavy (non-hydrogen) atoms. The third-order valence-electron chi connectivity index (χ3n) is 3.01. The summed E-state index contributed by atoms with van der Waals surface area (Å²) in [6, 6.07) is 5.95. The maximum Gasteiger partial charge on any atom is 0.269 e. The van der Waals surface area contributed by atoms with Gasteiger partial charge in [0.05, 0.1) is 22.4 Å². The van der Waals surface area contributed by atoms with Crippen molar-refractivity contribution >= 4 is 11.6 Å². The van der Waals surface area contributed by atoms with Crippen LogP contribution in [0.4, 0.5) is 5.69 Å². The zero-order chi connectivity index (χ0) is 15.9. The molecule has 2 rings (SSSR count). The molecule has 2 aromatic rings. The minimum absolute atomic E-state index is 0.0114. The van der Waals surface area contributed by atoms with E-state index in [4.69, 9.17) is 0 Å². The van der Waals surface area contributed by atoms with Crippen LogP contribution in [0.1, 0.15) is 17.3 Å². The Balaban J connectivity index is 2.01. The van der Waals surface area contributed by atoms with E-state index in [9.17, 15) is 14.9 Å². The highest BCUT2D eigenvalue weighted by atomic mass is 16.6. The van der Waals surface area contributed by atoms with Crippen LogP contribution < -0.4 is 10.6 Å². The lowest BCUT2D eigenvalue weighted by Crippen LogP contribution is -2.31. The summed E-state index contributed by atoms with van der Waals surface area (Å²) < 4.78 is 1.50. The molecular formula is C14H17N5O3. The molecule has 116 valence electrons. The number of rotatable bonds is 7. The summed E-state index contributed by atoms with van der Waals surface area (Å²) in [6.45, 7) is 4.10. The van der Waals surface area contributed by atoms with E-state index in [0.29, 0.717) is 24.3 Å². The van der Waals surface area contributed by atoms with Crippen LogP contribution in [0.15, 0.2) is 36.7 Å². The smallest absolute Gasteiger partial charge is 0.269 e. The minimum Gasteiger partial charge on any atom is -0.351 e. The number of nitrogens with one attached hydrogen (secondary N) is 2. The van der Waals surface area contributed by atoms with Gasteiger partial charge in [0.25, 0.3) is 11.6 Å². The van der Waals surface area contributed by atoms with Gasteiger partial charge in [0.1, 0.15) is 0 Å². The number of hydrogen-bond acceptors (Lipinski definition) is 5. The van der Waals surface area contributed by atoms with Gasteiger partial charge in [0.15, 0.2) is 0 Å². The molecule has 2 N–H and O–H groups in total. The fourth-order valence-corrected chi connectivity index (χ4v) is 1.85. The van der Waals surface area contributed by atoms with Crippen LogP contribution in [0, 0.1) is 10.1 Å². The number of nitro benzene ring substituents is 1. The van der Waals surface area contributed by atoms with Crippen molar-refractivity contribution in [3.05, 3.63) is 52.3 Å². The third-order valence-corrected chi connectivity index (χ3v) is 3.01. The Morgan fingerprint density at radius 3 is 2.68 bits per heavy atom. The molecule has 0 saturated heterocycles. The van der Waals surface area contributed by atoms with Crippen molar-refractivity contribution in [1.29, 1.82) is 0 Å². The molecule has 1 aromatic heterocycles. The predicted molar refractivity (Wildman–Crippen MR) is 81.1 cm³/mol. The highest BCUT2D eigenvalue weighted by Gasteiger charge is 2.10. The predicted octanol–water partition coefficient (Wildman–Crippen LogP) is 1.12. The number of benzene rings is 1. The summed E-state index contributed by atoms with van der Waals surface area (Å²) >= 11 is 0. The van der Waals surface area contributed by atoms with E-state index in [-0.39, 0.29) is 11.6 Å². The van der Waals surface area contributed by atoms with Crippen molar-refractivity contribution in [2.75, 3.05) is 19.6 Å². The Bertz CT molecular complexity index is 651. The van der Waals surface area contributed by atoms with E-state index in [1.807, 2.05) is 6.92 Å². The Kier molecular flexibility index (Phi) is 5.21. The van der Waals surface area contributed by atoms with E-state index in [2.05, 4.69) is 15.7 Å². The third kappa shape index (κ3) is 3.89. The largest absolute Gasteiger partial charge is 0.351 e. The SMILES string of the molecule is CCNCCNC(=O)c1cnn(-c2ccc([N+](=O)[O-])cc2)c1. The summed E-state index contributed by atoms with van der Waals surface area (Å²) in [5.41, 5.74) is 1.10. The van der Waals surface area contributed by atoms with Crippen LogP contribution in [0.25, 0.3) is 5.69 Å². The van der Waals surface area contributed by atoms with E-state index in [1.165, 1.54) is 23.0 Å². The molecule has 1 heterocycles. The standard InChI is InChI=1S/C14H17N5O3/c1-2-15-7-8-16-14(20)11-9-17-18(10-11)12-3-5-13(6-4-12)19(21)22/h3-6,9-10,15H,2,7-8H2,1H3,(H,16,20). The first-order chi connectivity index (χ1) is 10.6. The van der Waals surface area contributed by atoms with Crippen LogP contribution in [-0.2, 0) is 0 Å². The average molecular weight is 303 g/mol. The number of nitrogens with zero attached hydrogens (tertiary/aromatic N) is 3. The molecule has 0 fully saturated rings. The molecule has 0 saturated carbocycles. The van der Waals surface area contributed by atoms with Gasteiger partial charge in [-0.25, -0.2) is 4.68 Å². The lowest BCUT2D eigenvalue weighted by atomic mass is 10.3. The zero-order valence-electron chi connectivity index (χ0n) is 12.2. The second kappa shape index (κ2) is 7.32. The van der Waals surface area contributed by atoms with Crippen molar-refractivity contribution in [2.24, 2.45) is 0 Å². The second-order valence-corrected chi connectivity index (χ2v) is 4.56. The Labute approximate surface area is 127 Å². The van der Waals surface area contributed by atoms with Gasteiger partial charge in [-0.05, 0) is 18.7 Å². The quantitative estimate of drug-likeness (QED) is 0.453. The highest BCUT2D eigenvalue weighted by Crippen LogP contribution is 2.15. The Morgan fingerprint density at radius 1 is 1.32 bits per heavy atom. The fourth-order valence-electron chi connectivity index (χ4n) is 1.85. The second-order valence-electron chi connectivity index (χ2n) is 4.56. The number of carbonyl (C=O) groups is 1. The first-order valence-electron chi connectivity index (χ1n) is 6.90. The molecule has 0 unspecified atom stereocenters. The van der Waals surface area contributed by atoms with Crippen molar-refractivity contribution in [3.63, 3.8) is 0 Å². The fraction of sp³-hybridized carbons (Fsp3) is 0.286. The van der Waals surface area contributed by atoms with Gasteiger partial charge in [0.2, 0.25) is 0 Å². The van der Waals surface area contributed by atoms with Crippen LogP contribution in [0.5, 0.6) is 0 Å². The molecule has 1 amide bonds. The molecule has 0 bridgehead atoms. The van der Waals surface area contributed by atoms with Crippen LogP contribution in [0.2, 0.25) is 0 Å². The number of aromatic nitrogens is 2. The van der Waals surface area contributed by atoms with Crippen molar-refractivity contribution < 1.29 is 9.72 Å². The van der Waals surface area contributed by atoms with Gasteiger partial charge in [0, 0.05) is 31.4 Å². The number of non-ortho nitro benzene ring substituents is 1. The summed E-state index contributed by atoms with van der Waals surface area (Å²) in [7, 11) is 0. The van der Waals surface area contributed by atoms with E-state index in [0.717, 1.165) is 6.54 Å². The molecule has 1 aromatic carbocycles. The normalized spacial score (nSPS) is 10.4. The molecule has 0 aliphatic heterocycles. The van der Waals surface area contributed by atoms with Gasteiger partial charge in [-0.2, -0.15) is 5.10 Å². The van der Waals surface area contributed by atoms with Crippen molar-refractivity contribution in [3.8, 4) is 5.69 Å². The number of likely N-dealkylation sites (N-methyl/N-ethyl adjacent to an activating group) is 1. The lowest BCUT2D eigenvalue weighted by molar-refractivity contribution is -0.384. The summed E-state index contributed by atoms with van der Waals surface area (Å²) in [6.07, 6.45) is 3.05. The van der Waals surface area contributed by atoms with Crippen LogP contribution in [-0.4, -0.2) is 40.2 Å². The lowest BCUT2D eigenvalue weighted by Gasteiger charge is -2.03. The summed E-state index contributed by atoms with van der Waals surface area (Å²) in [5, 5.41) is 20.6.